The molecule has 0 amide bonds. The standard InChI is InChI=1S/C11H8ClF3/c1-2-3-8-4-5-9(12)6-7-10(8)11(13,14)15/h2,5-7H,1,3H2. The molecule has 0 N–H and O–H groups in total. The molecule has 0 bridgehead atoms. The van der Waals surface area contributed by atoms with Gasteiger partial charge in [-0.15, -0.1) is 12.3 Å². The monoisotopic (exact) mass is 232 g/mol. The van der Waals surface area contributed by atoms with Crippen molar-refractivity contribution in [3.8, 4) is 0 Å². The van der Waals surface area contributed by atoms with Crippen LogP contribution < -0.4 is 0 Å². The van der Waals surface area contributed by atoms with Crippen LogP contribution in [-0.2, 0) is 0 Å². The molecule has 0 saturated carbocycles. The highest BCUT2D eigenvalue weighted by Crippen LogP contribution is 2.33. The van der Waals surface area contributed by atoms with Gasteiger partial charge in [0, 0.05) is 10.6 Å². The molecule has 1 aliphatic carbocycles. The van der Waals surface area contributed by atoms with E-state index in [0.717, 1.165) is 6.08 Å². The van der Waals surface area contributed by atoms with Crippen LogP contribution in [0.5, 0.6) is 0 Å². The second-order valence-corrected chi connectivity index (χ2v) is 3.33. The van der Waals surface area contributed by atoms with Gasteiger partial charge in [0.1, 0.15) is 0 Å². The number of allylic oxidation sites excluding steroid dienone is 6. The summed E-state index contributed by atoms with van der Waals surface area (Å²) in [6.45, 7) is 3.40. The summed E-state index contributed by atoms with van der Waals surface area (Å²) in [6.07, 6.45) is 0.590. The van der Waals surface area contributed by atoms with Gasteiger partial charge in [-0.25, -0.2) is 0 Å². The van der Waals surface area contributed by atoms with Crippen LogP contribution in [0.4, 0.5) is 13.2 Å². The molecule has 4 heteroatoms. The van der Waals surface area contributed by atoms with Gasteiger partial charge in [-0.2, -0.15) is 13.2 Å². The van der Waals surface area contributed by atoms with Crippen LogP contribution in [0.3, 0.4) is 0 Å². The molecule has 15 heavy (non-hydrogen) atoms. The van der Waals surface area contributed by atoms with E-state index in [1.54, 1.807) is 0 Å². The quantitative estimate of drug-likeness (QED) is 0.493. The van der Waals surface area contributed by atoms with Crippen molar-refractivity contribution in [2.45, 2.75) is 12.6 Å². The first-order valence-electron chi connectivity index (χ1n) is 4.16. The first kappa shape index (κ1) is 11.9. The maximum atomic E-state index is 12.6. The van der Waals surface area contributed by atoms with Gasteiger partial charge in [-0.3, -0.25) is 0 Å². The first-order valence-corrected chi connectivity index (χ1v) is 4.54. The summed E-state index contributed by atoms with van der Waals surface area (Å²) < 4.78 is 37.7. The second kappa shape index (κ2) is 4.56. The lowest BCUT2D eigenvalue weighted by Crippen LogP contribution is -2.13. The molecule has 0 saturated heterocycles. The average molecular weight is 233 g/mol. The number of alkyl halides is 3. The Hall–Kier alpha value is -1.18. The van der Waals surface area contributed by atoms with E-state index >= 15 is 0 Å². The Kier molecular flexibility index (Phi) is 3.61. The Labute approximate surface area is 90.7 Å². The minimum absolute atomic E-state index is 0.0457. The van der Waals surface area contributed by atoms with Crippen LogP contribution in [0.1, 0.15) is 6.42 Å². The summed E-state index contributed by atoms with van der Waals surface area (Å²) in [6, 6.07) is 0. The smallest absolute Gasteiger partial charge is 0.166 e. The Morgan fingerprint density at radius 1 is 1.40 bits per heavy atom. The molecule has 0 aromatic rings. The highest BCUT2D eigenvalue weighted by molar-refractivity contribution is 6.31. The molecule has 0 heterocycles. The summed E-state index contributed by atoms with van der Waals surface area (Å²) in [5.74, 6) is 0. The maximum absolute atomic E-state index is 12.6. The molecule has 0 radical (unpaired) electrons. The van der Waals surface area contributed by atoms with Crippen LogP contribution in [0.25, 0.3) is 0 Å². The molecular weight excluding hydrogens is 225 g/mol. The third-order valence-electron chi connectivity index (χ3n) is 1.77. The normalized spacial score (nSPS) is 16.4. The minimum atomic E-state index is -4.39. The Bertz CT molecular complexity index is 391. The van der Waals surface area contributed by atoms with Crippen LogP contribution >= 0.6 is 11.6 Å². The van der Waals surface area contributed by atoms with Crippen molar-refractivity contribution >= 4 is 11.6 Å². The fourth-order valence-electron chi connectivity index (χ4n) is 1.12. The SMILES string of the molecule is C=CCC1=C=CC(Cl)=CC=C1C(F)(F)F. The molecule has 0 spiro atoms. The molecule has 0 atom stereocenters. The first-order chi connectivity index (χ1) is 6.95. The highest BCUT2D eigenvalue weighted by atomic mass is 35.5. The summed E-state index contributed by atoms with van der Waals surface area (Å²) in [4.78, 5) is 0. The summed E-state index contributed by atoms with van der Waals surface area (Å²) in [5.41, 5.74) is 1.84. The topological polar surface area (TPSA) is 0 Å². The number of rotatable bonds is 2. The van der Waals surface area contributed by atoms with Crippen LogP contribution in [0, 0.1) is 0 Å². The number of hydrogen-bond acceptors (Lipinski definition) is 0. The van der Waals surface area contributed by atoms with Crippen LogP contribution in [-0.4, -0.2) is 6.18 Å². The lowest BCUT2D eigenvalue weighted by Gasteiger charge is -2.11. The van der Waals surface area contributed by atoms with Gasteiger partial charge < -0.3 is 0 Å². The van der Waals surface area contributed by atoms with Gasteiger partial charge in [-0.05, 0) is 24.6 Å². The van der Waals surface area contributed by atoms with Gasteiger partial charge in [0.15, 0.2) is 0 Å². The molecule has 0 unspecified atom stereocenters. The predicted octanol–water partition coefficient (Wildman–Crippen LogP) is 4.27. The molecule has 0 aromatic heterocycles. The zero-order valence-corrected chi connectivity index (χ0v) is 8.49. The van der Waals surface area contributed by atoms with Gasteiger partial charge in [-0.1, -0.05) is 17.7 Å². The van der Waals surface area contributed by atoms with E-state index in [2.05, 4.69) is 12.3 Å². The van der Waals surface area contributed by atoms with Crippen molar-refractivity contribution in [2.75, 3.05) is 0 Å². The molecule has 1 aliphatic rings. The van der Waals surface area contributed by atoms with Gasteiger partial charge >= 0.3 is 6.18 Å². The lowest BCUT2D eigenvalue weighted by atomic mass is 10.0. The van der Waals surface area contributed by atoms with E-state index in [0.29, 0.717) is 0 Å². The lowest BCUT2D eigenvalue weighted by molar-refractivity contribution is -0.0894. The van der Waals surface area contributed by atoms with Crippen molar-refractivity contribution in [3.05, 3.63) is 52.8 Å². The Balaban J connectivity index is 3.22. The summed E-state index contributed by atoms with van der Waals surface area (Å²) in [7, 11) is 0. The second-order valence-electron chi connectivity index (χ2n) is 2.89. The number of hydrogen-bond donors (Lipinski definition) is 0. The predicted molar refractivity (Wildman–Crippen MR) is 54.5 cm³/mol. The third kappa shape index (κ3) is 3.15. The highest BCUT2D eigenvalue weighted by Gasteiger charge is 2.35. The van der Waals surface area contributed by atoms with Crippen molar-refractivity contribution < 1.29 is 13.2 Å². The zero-order chi connectivity index (χ0) is 11.5. The van der Waals surface area contributed by atoms with Crippen molar-refractivity contribution in [1.29, 1.82) is 0 Å². The fourth-order valence-corrected chi connectivity index (χ4v) is 1.24. The van der Waals surface area contributed by atoms with E-state index in [1.807, 2.05) is 0 Å². The molecule has 80 valence electrons. The minimum Gasteiger partial charge on any atom is -0.166 e. The molecule has 0 aliphatic heterocycles. The zero-order valence-electron chi connectivity index (χ0n) is 7.74. The van der Waals surface area contributed by atoms with Crippen molar-refractivity contribution in [3.63, 3.8) is 0 Å². The van der Waals surface area contributed by atoms with Gasteiger partial charge in [0.2, 0.25) is 0 Å². The van der Waals surface area contributed by atoms with Crippen molar-refractivity contribution in [1.82, 2.24) is 0 Å². The number of halogens is 4. The third-order valence-corrected chi connectivity index (χ3v) is 2.01. The van der Waals surface area contributed by atoms with E-state index in [-0.39, 0.29) is 17.0 Å². The van der Waals surface area contributed by atoms with E-state index < -0.39 is 11.7 Å². The Morgan fingerprint density at radius 3 is 2.60 bits per heavy atom. The van der Waals surface area contributed by atoms with E-state index in [1.165, 1.54) is 18.2 Å². The van der Waals surface area contributed by atoms with Crippen LogP contribution in [0.2, 0.25) is 0 Å². The van der Waals surface area contributed by atoms with E-state index in [9.17, 15) is 13.2 Å². The summed E-state index contributed by atoms with van der Waals surface area (Å²) >= 11 is 5.59. The van der Waals surface area contributed by atoms with Crippen molar-refractivity contribution in [2.24, 2.45) is 0 Å². The molecule has 0 nitrogen and oxygen atoms in total. The fraction of sp³-hybridized carbons (Fsp3) is 0.182. The van der Waals surface area contributed by atoms with Crippen LogP contribution in [0.15, 0.2) is 52.8 Å². The molecule has 0 aromatic carbocycles. The molecular formula is C11H8ClF3. The van der Waals surface area contributed by atoms with Gasteiger partial charge in [0.05, 0.1) is 5.57 Å². The van der Waals surface area contributed by atoms with E-state index in [4.69, 9.17) is 11.6 Å². The molecule has 0 fully saturated rings. The maximum Gasteiger partial charge on any atom is 0.417 e. The summed E-state index contributed by atoms with van der Waals surface area (Å²) in [5, 5.41) is 0.218. The molecule has 1 rings (SSSR count). The van der Waals surface area contributed by atoms with Gasteiger partial charge in [0.25, 0.3) is 0 Å². The largest absolute Gasteiger partial charge is 0.417 e. The average Bonchev–Trinajstić information content (AvgIpc) is 2.28. The Morgan fingerprint density at radius 2 is 2.07 bits per heavy atom.